The molecule has 4 rings (SSSR count). The maximum absolute atomic E-state index is 13.2. The van der Waals surface area contributed by atoms with E-state index in [4.69, 9.17) is 23.1 Å². The van der Waals surface area contributed by atoms with Crippen molar-refractivity contribution >= 4 is 33.6 Å². The number of benzene rings is 1. The van der Waals surface area contributed by atoms with Crippen LogP contribution in [0.1, 0.15) is 39.7 Å². The summed E-state index contributed by atoms with van der Waals surface area (Å²) >= 11 is 3.64. The van der Waals surface area contributed by atoms with Crippen molar-refractivity contribution in [2.24, 2.45) is 0 Å². The average Bonchev–Trinajstić information content (AvgIpc) is 3.25. The Bertz CT molecular complexity index is 895. The fourth-order valence-electron chi connectivity index (χ4n) is 4.09. The van der Waals surface area contributed by atoms with Crippen molar-refractivity contribution in [1.29, 1.82) is 0 Å². The monoisotopic (exact) mass is 504 g/mol. The van der Waals surface area contributed by atoms with Gasteiger partial charge in [0.25, 0.3) is 10.1 Å². The van der Waals surface area contributed by atoms with Gasteiger partial charge in [0.05, 0.1) is 16.1 Å². The summed E-state index contributed by atoms with van der Waals surface area (Å²) in [7, 11) is -4.06. The lowest BCUT2D eigenvalue weighted by Crippen LogP contribution is -2.50. The highest BCUT2D eigenvalue weighted by molar-refractivity contribution is 8.17. The van der Waals surface area contributed by atoms with Gasteiger partial charge >= 0.3 is 0 Å². The molecule has 10 heteroatoms. The Labute approximate surface area is 199 Å². The van der Waals surface area contributed by atoms with Crippen LogP contribution < -0.4 is 0 Å². The van der Waals surface area contributed by atoms with Gasteiger partial charge in [-0.05, 0) is 64.7 Å². The van der Waals surface area contributed by atoms with Gasteiger partial charge in [-0.3, -0.25) is 4.18 Å². The Kier molecular flexibility index (Phi) is 7.26. The highest BCUT2D eigenvalue weighted by Crippen LogP contribution is 2.44. The van der Waals surface area contributed by atoms with Crippen LogP contribution in [0, 0.1) is 6.92 Å². The normalized spacial score (nSPS) is 31.6. The second-order valence-electron chi connectivity index (χ2n) is 9.22. The number of ether oxygens (including phenoxy) is 4. The Morgan fingerprint density at radius 2 is 1.66 bits per heavy atom. The second-order valence-corrected chi connectivity index (χ2v) is 13.6. The topological polar surface area (TPSA) is 80.3 Å². The molecule has 0 amide bonds. The number of hydrogen-bond donors (Lipinski definition) is 0. The molecule has 4 atom stereocenters. The minimum atomic E-state index is -4.06. The van der Waals surface area contributed by atoms with Crippen LogP contribution in [0.25, 0.3) is 0 Å². The summed E-state index contributed by atoms with van der Waals surface area (Å²) in [6.45, 7) is 9.41. The predicted molar refractivity (Wildman–Crippen MR) is 125 cm³/mol. The smallest absolute Gasteiger partial charge is 0.297 e. The van der Waals surface area contributed by atoms with Gasteiger partial charge in [-0.2, -0.15) is 8.42 Å². The van der Waals surface area contributed by atoms with Gasteiger partial charge in [0.2, 0.25) is 0 Å². The van der Waals surface area contributed by atoms with Gasteiger partial charge in [0.15, 0.2) is 11.6 Å². The minimum absolute atomic E-state index is 0.0995. The number of hydrogen-bond acceptors (Lipinski definition) is 9. The first kappa shape index (κ1) is 24.8. The zero-order valence-corrected chi connectivity index (χ0v) is 21.6. The molecule has 32 heavy (non-hydrogen) atoms. The molecule has 1 aromatic rings. The average molecular weight is 505 g/mol. The van der Waals surface area contributed by atoms with Crippen molar-refractivity contribution in [2.75, 3.05) is 18.1 Å². The van der Waals surface area contributed by atoms with Crippen molar-refractivity contribution in [3.8, 4) is 0 Å². The molecule has 180 valence electrons. The van der Waals surface area contributed by atoms with Crippen LogP contribution in [0.3, 0.4) is 0 Å². The Balaban J connectivity index is 1.66. The van der Waals surface area contributed by atoms with E-state index in [2.05, 4.69) is 0 Å². The van der Waals surface area contributed by atoms with E-state index >= 15 is 0 Å². The first-order valence-electron chi connectivity index (χ1n) is 10.9. The van der Waals surface area contributed by atoms with Gasteiger partial charge in [0.1, 0.15) is 24.4 Å². The molecule has 0 bridgehead atoms. The second kappa shape index (κ2) is 9.37. The summed E-state index contributed by atoms with van der Waals surface area (Å²) in [5.74, 6) is 0.374. The van der Waals surface area contributed by atoms with E-state index in [1.807, 2.05) is 44.3 Å². The summed E-state index contributed by atoms with van der Waals surface area (Å²) in [5.41, 5.74) is 0.968. The van der Waals surface area contributed by atoms with Crippen LogP contribution >= 0.6 is 23.5 Å². The number of aryl methyl sites for hydroxylation is 1. The van der Waals surface area contributed by atoms with Crippen LogP contribution in [0.5, 0.6) is 0 Å². The van der Waals surface area contributed by atoms with Crippen molar-refractivity contribution in [2.45, 2.75) is 86.5 Å². The van der Waals surface area contributed by atoms with E-state index in [1.165, 1.54) is 0 Å². The summed E-state index contributed by atoms with van der Waals surface area (Å²) in [6, 6.07) is 6.61. The fraction of sp³-hybridized carbons (Fsp3) is 0.727. The Morgan fingerprint density at radius 3 is 2.25 bits per heavy atom. The van der Waals surface area contributed by atoms with Gasteiger partial charge in [0, 0.05) is 0 Å². The summed E-state index contributed by atoms with van der Waals surface area (Å²) in [6.07, 6.45) is -1.36. The van der Waals surface area contributed by atoms with Crippen LogP contribution in [-0.2, 0) is 33.2 Å². The fourth-order valence-corrected chi connectivity index (χ4v) is 8.23. The van der Waals surface area contributed by atoms with Crippen LogP contribution in [-0.4, -0.2) is 67.1 Å². The lowest BCUT2D eigenvalue weighted by molar-refractivity contribution is -0.174. The Hall–Kier alpha value is -0.330. The van der Waals surface area contributed by atoms with Crippen LogP contribution in [0.15, 0.2) is 29.2 Å². The molecule has 1 aromatic carbocycles. The zero-order chi connectivity index (χ0) is 23.1. The molecule has 0 spiro atoms. The van der Waals surface area contributed by atoms with Crippen molar-refractivity contribution < 1.29 is 31.5 Å². The van der Waals surface area contributed by atoms with E-state index in [1.54, 1.807) is 38.1 Å². The van der Waals surface area contributed by atoms with Gasteiger partial charge in [-0.25, -0.2) is 0 Å². The van der Waals surface area contributed by atoms with Crippen LogP contribution in [0.4, 0.5) is 0 Å². The SMILES string of the molecule is Cc1ccc(S(=O)(=O)O[C@@H]([C@@H]2OC(C)(C)O[C@H]2C2SCCCS2)[C@H]2COC(C)(C)O2)cc1. The maximum Gasteiger partial charge on any atom is 0.297 e. The summed E-state index contributed by atoms with van der Waals surface area (Å²) in [4.78, 5) is 0.0995. The lowest BCUT2D eigenvalue weighted by atomic mass is 10.0. The van der Waals surface area contributed by atoms with E-state index in [9.17, 15) is 8.42 Å². The summed E-state index contributed by atoms with van der Waals surface area (Å²) in [5, 5.41) is 0. The van der Waals surface area contributed by atoms with E-state index in [0.29, 0.717) is 0 Å². The molecule has 0 aromatic heterocycles. The molecule has 0 radical (unpaired) electrons. The third-order valence-corrected chi connectivity index (χ3v) is 9.94. The Morgan fingerprint density at radius 1 is 1.00 bits per heavy atom. The quantitative estimate of drug-likeness (QED) is 0.535. The van der Waals surface area contributed by atoms with Gasteiger partial charge < -0.3 is 18.9 Å². The number of rotatable bonds is 6. The molecule has 3 fully saturated rings. The standard InChI is InChI=1S/C22H32O7S3/c1-14-7-9-15(10-8-14)32(23,24)29-17(16-13-25-21(2,3)26-16)18-19(28-22(4,5)27-18)20-30-11-6-12-31-20/h7-10,16-20H,6,11-13H2,1-5H3/t16-,17-,18+,19-/m1/s1. The molecule has 3 aliphatic rings. The molecule has 3 aliphatic heterocycles. The van der Waals surface area contributed by atoms with E-state index in [0.717, 1.165) is 23.5 Å². The van der Waals surface area contributed by atoms with Gasteiger partial charge in [-0.15, -0.1) is 23.5 Å². The molecular weight excluding hydrogens is 472 g/mol. The predicted octanol–water partition coefficient (Wildman–Crippen LogP) is 3.94. The molecule has 3 heterocycles. The molecule has 0 aliphatic carbocycles. The highest BCUT2D eigenvalue weighted by atomic mass is 32.2. The van der Waals surface area contributed by atoms with Gasteiger partial charge in [-0.1, -0.05) is 17.7 Å². The minimum Gasteiger partial charge on any atom is -0.348 e. The highest BCUT2D eigenvalue weighted by Gasteiger charge is 2.54. The third-order valence-electron chi connectivity index (χ3n) is 5.55. The van der Waals surface area contributed by atoms with E-state index in [-0.39, 0.29) is 22.2 Å². The molecule has 7 nitrogen and oxygen atoms in total. The molecule has 0 N–H and O–H groups in total. The first-order valence-corrected chi connectivity index (χ1v) is 14.4. The zero-order valence-electron chi connectivity index (χ0n) is 19.1. The van der Waals surface area contributed by atoms with Crippen LogP contribution in [0.2, 0.25) is 0 Å². The van der Waals surface area contributed by atoms with Crippen molar-refractivity contribution in [3.63, 3.8) is 0 Å². The first-order chi connectivity index (χ1) is 15.0. The lowest BCUT2D eigenvalue weighted by Gasteiger charge is -2.34. The largest absolute Gasteiger partial charge is 0.348 e. The molecule has 0 saturated carbocycles. The molecule has 0 unspecified atom stereocenters. The van der Waals surface area contributed by atoms with E-state index < -0.39 is 40.0 Å². The van der Waals surface area contributed by atoms with Crippen molar-refractivity contribution in [1.82, 2.24) is 0 Å². The van der Waals surface area contributed by atoms with Crippen molar-refractivity contribution in [3.05, 3.63) is 29.8 Å². The third kappa shape index (κ3) is 5.66. The molecular formula is C22H32O7S3. The maximum atomic E-state index is 13.2. The summed E-state index contributed by atoms with van der Waals surface area (Å²) < 4.78 is 56.9. The molecule has 3 saturated heterocycles. The number of thioether (sulfide) groups is 2.